The minimum Gasteiger partial charge on any atom is -0.457 e. The molecule has 0 unspecified atom stereocenters. The van der Waals surface area contributed by atoms with Gasteiger partial charge in [0.2, 0.25) is 0 Å². The maximum atomic E-state index is 6.78. The molecule has 0 amide bonds. The smallest absolute Gasteiger partial charge is 0.129 e. The molecule has 6 aromatic carbocycles. The van der Waals surface area contributed by atoms with Gasteiger partial charge in [0.25, 0.3) is 0 Å². The highest BCUT2D eigenvalue weighted by Crippen LogP contribution is 2.47. The fourth-order valence-corrected chi connectivity index (χ4v) is 8.06. The summed E-state index contributed by atoms with van der Waals surface area (Å²) in [6.07, 6.45) is 0. The van der Waals surface area contributed by atoms with E-state index in [4.69, 9.17) is 4.74 Å². The largest absolute Gasteiger partial charge is 0.457 e. The highest BCUT2D eigenvalue weighted by atomic mass is 16.5. The fourth-order valence-electron chi connectivity index (χ4n) is 8.06. The quantitative estimate of drug-likeness (QED) is 0.175. The van der Waals surface area contributed by atoms with E-state index in [1.54, 1.807) is 0 Å². The van der Waals surface area contributed by atoms with E-state index >= 15 is 0 Å². The van der Waals surface area contributed by atoms with Gasteiger partial charge in [-0.3, -0.25) is 0 Å². The molecule has 57 heavy (non-hydrogen) atoms. The standard InChI is InChI=1S/C53H59N3O/c1-50(2,3)35-17-15-19-40(28-35)56-46-26-23-36(51(4,5)6)31-45(46)44-25-24-43(33-49(44)56)57-42-20-16-18-39(32-42)54-34-55(48-22-14-13-21-47(48)54)41-29-37(52(7,8)9)27-38(30-41)53(10,11)12/h13-33H,34H2,1-12H3. The van der Waals surface area contributed by atoms with E-state index in [-0.39, 0.29) is 21.7 Å². The number of hydrogen-bond acceptors (Lipinski definition) is 3. The van der Waals surface area contributed by atoms with Crippen molar-refractivity contribution in [1.82, 2.24) is 4.57 Å². The lowest BCUT2D eigenvalue weighted by Crippen LogP contribution is -2.25. The molecule has 1 aliphatic heterocycles. The second kappa shape index (κ2) is 13.6. The molecule has 0 fully saturated rings. The summed E-state index contributed by atoms with van der Waals surface area (Å²) in [4.78, 5) is 4.86. The summed E-state index contributed by atoms with van der Waals surface area (Å²) >= 11 is 0. The zero-order valence-corrected chi connectivity index (χ0v) is 36.1. The van der Waals surface area contributed by atoms with Gasteiger partial charge in [0.15, 0.2) is 0 Å². The number of benzene rings is 6. The van der Waals surface area contributed by atoms with Gasteiger partial charge in [-0.1, -0.05) is 126 Å². The van der Waals surface area contributed by atoms with Crippen LogP contribution in [0.3, 0.4) is 0 Å². The summed E-state index contributed by atoms with van der Waals surface area (Å²) < 4.78 is 9.19. The zero-order chi connectivity index (χ0) is 40.7. The highest BCUT2D eigenvalue weighted by molar-refractivity contribution is 6.10. The molecule has 4 heteroatoms. The molecule has 0 radical (unpaired) electrons. The molecule has 1 aromatic heterocycles. The molecule has 0 bridgehead atoms. The van der Waals surface area contributed by atoms with Crippen LogP contribution in [0.4, 0.5) is 22.7 Å². The van der Waals surface area contributed by atoms with Crippen molar-refractivity contribution in [3.63, 3.8) is 0 Å². The predicted octanol–water partition coefficient (Wildman–Crippen LogP) is 15.0. The Hall–Kier alpha value is -5.48. The Balaban J connectivity index is 1.18. The molecular weight excluding hydrogens is 695 g/mol. The molecule has 2 heterocycles. The first-order valence-corrected chi connectivity index (χ1v) is 20.5. The molecule has 0 N–H and O–H groups in total. The summed E-state index contributed by atoms with van der Waals surface area (Å²) in [6, 6.07) is 47.0. The van der Waals surface area contributed by atoms with Crippen molar-refractivity contribution in [3.8, 4) is 17.2 Å². The van der Waals surface area contributed by atoms with Gasteiger partial charge in [0.05, 0.1) is 22.4 Å². The Morgan fingerprint density at radius 1 is 0.386 bits per heavy atom. The number of hydrogen-bond donors (Lipinski definition) is 0. The third kappa shape index (κ3) is 7.31. The van der Waals surface area contributed by atoms with Crippen molar-refractivity contribution in [2.45, 2.75) is 105 Å². The van der Waals surface area contributed by atoms with E-state index in [1.165, 1.54) is 55.6 Å². The minimum absolute atomic E-state index is 0.0316. The number of aromatic nitrogens is 1. The summed E-state index contributed by atoms with van der Waals surface area (Å²) in [6.45, 7) is 28.2. The lowest BCUT2D eigenvalue weighted by Gasteiger charge is -2.29. The number of anilines is 4. The van der Waals surface area contributed by atoms with Gasteiger partial charge >= 0.3 is 0 Å². The summed E-state index contributed by atoms with van der Waals surface area (Å²) in [5.74, 6) is 1.61. The van der Waals surface area contributed by atoms with Gasteiger partial charge in [-0.2, -0.15) is 0 Å². The molecule has 0 saturated heterocycles. The summed E-state index contributed by atoms with van der Waals surface area (Å²) in [5.41, 5.74) is 13.7. The van der Waals surface area contributed by atoms with Gasteiger partial charge in [0.1, 0.15) is 18.2 Å². The van der Waals surface area contributed by atoms with Crippen molar-refractivity contribution in [2.24, 2.45) is 0 Å². The van der Waals surface area contributed by atoms with Crippen molar-refractivity contribution < 1.29 is 4.74 Å². The molecule has 8 rings (SSSR count). The minimum atomic E-state index is 0.0316. The van der Waals surface area contributed by atoms with Gasteiger partial charge < -0.3 is 19.1 Å². The first-order valence-electron chi connectivity index (χ1n) is 20.5. The average molecular weight is 754 g/mol. The molecular formula is C53H59N3O. The Labute approximate surface area is 340 Å². The van der Waals surface area contributed by atoms with Gasteiger partial charge in [0, 0.05) is 40.0 Å². The fraction of sp³-hybridized carbons (Fsp3) is 0.321. The Kier molecular flexibility index (Phi) is 9.15. The number of rotatable bonds is 5. The third-order valence-corrected chi connectivity index (χ3v) is 11.6. The molecule has 7 aromatic rings. The van der Waals surface area contributed by atoms with E-state index in [9.17, 15) is 0 Å². The van der Waals surface area contributed by atoms with Gasteiger partial charge in [-0.05, 0) is 117 Å². The van der Waals surface area contributed by atoms with E-state index < -0.39 is 0 Å². The van der Waals surface area contributed by atoms with Crippen LogP contribution in [0, 0.1) is 0 Å². The van der Waals surface area contributed by atoms with Crippen LogP contribution in [-0.4, -0.2) is 11.2 Å². The number of ether oxygens (including phenoxy) is 1. The summed E-state index contributed by atoms with van der Waals surface area (Å²) in [5, 5.41) is 2.48. The number of fused-ring (bicyclic) bond motifs is 4. The van der Waals surface area contributed by atoms with Gasteiger partial charge in [-0.25, -0.2) is 0 Å². The molecule has 292 valence electrons. The maximum absolute atomic E-state index is 6.78. The van der Waals surface area contributed by atoms with E-state index in [0.717, 1.165) is 28.4 Å². The van der Waals surface area contributed by atoms with E-state index in [0.29, 0.717) is 6.67 Å². The van der Waals surface area contributed by atoms with Crippen molar-refractivity contribution >= 4 is 44.6 Å². The first kappa shape index (κ1) is 38.4. The lowest BCUT2D eigenvalue weighted by molar-refractivity contribution is 0.483. The van der Waals surface area contributed by atoms with Crippen LogP contribution in [0.5, 0.6) is 11.5 Å². The summed E-state index contributed by atoms with van der Waals surface area (Å²) in [7, 11) is 0. The molecule has 0 aliphatic carbocycles. The van der Waals surface area contributed by atoms with E-state index in [1.807, 2.05) is 0 Å². The normalized spacial score (nSPS) is 13.8. The Bertz CT molecular complexity index is 2600. The van der Waals surface area contributed by atoms with Crippen LogP contribution in [-0.2, 0) is 21.7 Å². The third-order valence-electron chi connectivity index (χ3n) is 11.6. The lowest BCUT2D eigenvalue weighted by atomic mass is 9.80. The predicted molar refractivity (Wildman–Crippen MR) is 244 cm³/mol. The maximum Gasteiger partial charge on any atom is 0.129 e. The molecule has 0 saturated carbocycles. The van der Waals surface area contributed by atoms with E-state index in [2.05, 4.69) is 225 Å². The second-order valence-electron chi connectivity index (χ2n) is 20.2. The van der Waals surface area contributed by atoms with Gasteiger partial charge in [-0.15, -0.1) is 0 Å². The average Bonchev–Trinajstić information content (AvgIpc) is 3.69. The van der Waals surface area contributed by atoms with Crippen LogP contribution < -0.4 is 14.5 Å². The zero-order valence-electron chi connectivity index (χ0n) is 36.1. The molecule has 0 spiro atoms. The van der Waals surface area contributed by atoms with Crippen LogP contribution in [0.25, 0.3) is 27.5 Å². The number of nitrogens with zero attached hydrogens (tertiary/aromatic N) is 3. The second-order valence-corrected chi connectivity index (χ2v) is 20.2. The van der Waals surface area contributed by atoms with Crippen LogP contribution in [0.15, 0.2) is 127 Å². The topological polar surface area (TPSA) is 20.6 Å². The first-order chi connectivity index (χ1) is 26.8. The monoisotopic (exact) mass is 753 g/mol. The Morgan fingerprint density at radius 3 is 1.56 bits per heavy atom. The van der Waals surface area contributed by atoms with Crippen molar-refractivity contribution in [2.75, 3.05) is 16.5 Å². The molecule has 0 atom stereocenters. The van der Waals surface area contributed by atoms with Crippen molar-refractivity contribution in [3.05, 3.63) is 150 Å². The molecule has 4 nitrogen and oxygen atoms in total. The highest BCUT2D eigenvalue weighted by Gasteiger charge is 2.30. The van der Waals surface area contributed by atoms with Crippen molar-refractivity contribution in [1.29, 1.82) is 0 Å². The van der Waals surface area contributed by atoms with Crippen LogP contribution in [0.2, 0.25) is 0 Å². The van der Waals surface area contributed by atoms with Crippen LogP contribution in [0.1, 0.15) is 105 Å². The SMILES string of the molecule is CC(C)(C)c1cccc(-n2c3ccc(C(C)(C)C)cc3c3ccc(Oc4cccc(N5CN(c6cc(C(C)(C)C)cc(C(C)(C)C)c6)c6ccccc65)c4)cc32)c1. The molecule has 1 aliphatic rings. The Morgan fingerprint density at radius 2 is 0.930 bits per heavy atom. The van der Waals surface area contributed by atoms with Crippen LogP contribution >= 0.6 is 0 Å². The number of para-hydroxylation sites is 2.